The van der Waals surface area contributed by atoms with Crippen LogP contribution in [0.4, 0.5) is 0 Å². The third-order valence-electron chi connectivity index (χ3n) is 5.22. The van der Waals surface area contributed by atoms with E-state index >= 15 is 0 Å². The predicted octanol–water partition coefficient (Wildman–Crippen LogP) is 3.80. The first-order valence-corrected chi connectivity index (χ1v) is 9.44. The molecule has 142 valence electrons. The summed E-state index contributed by atoms with van der Waals surface area (Å²) in [5, 5.41) is 3.03. The average molecular weight is 373 g/mol. The number of hydrogen-bond acceptors (Lipinski definition) is 4. The molecule has 1 aromatic heterocycles. The van der Waals surface area contributed by atoms with Gasteiger partial charge in [0.15, 0.2) is 0 Å². The van der Waals surface area contributed by atoms with Gasteiger partial charge in [0.1, 0.15) is 11.9 Å². The minimum atomic E-state index is -0.0960. The van der Waals surface area contributed by atoms with Crippen LogP contribution in [0.1, 0.15) is 32.6 Å². The lowest BCUT2D eigenvalue weighted by Crippen LogP contribution is -2.34. The number of nitrogens with zero attached hydrogens (tertiary/aromatic N) is 2. The normalized spacial score (nSPS) is 15.0. The molecule has 0 aliphatic carbocycles. The molecule has 0 bridgehead atoms. The fourth-order valence-corrected chi connectivity index (χ4v) is 3.63. The Morgan fingerprint density at radius 2 is 2.07 bits per heavy atom. The lowest BCUT2D eigenvalue weighted by Gasteiger charge is -2.14. The molecule has 0 saturated heterocycles. The molecule has 0 saturated carbocycles. The maximum absolute atomic E-state index is 12.6. The summed E-state index contributed by atoms with van der Waals surface area (Å²) in [6.45, 7) is 6.51. The van der Waals surface area contributed by atoms with Crippen LogP contribution in [-0.4, -0.2) is 28.5 Å². The van der Waals surface area contributed by atoms with E-state index in [0.29, 0.717) is 12.1 Å². The highest BCUT2D eigenvalue weighted by Crippen LogP contribution is 2.38. The van der Waals surface area contributed by atoms with Crippen molar-refractivity contribution >= 4 is 5.91 Å². The van der Waals surface area contributed by atoms with Crippen LogP contribution in [-0.2, 0) is 6.42 Å². The van der Waals surface area contributed by atoms with Crippen LogP contribution in [0.2, 0.25) is 0 Å². The van der Waals surface area contributed by atoms with Gasteiger partial charge in [0.25, 0.3) is 5.91 Å². The van der Waals surface area contributed by atoms with Gasteiger partial charge in [-0.1, -0.05) is 18.2 Å². The molecule has 0 spiro atoms. The lowest BCUT2D eigenvalue weighted by atomic mass is 10.0. The molecule has 4 rings (SSSR count). The topological polar surface area (TPSA) is 64.1 Å². The summed E-state index contributed by atoms with van der Waals surface area (Å²) in [7, 11) is 0. The van der Waals surface area contributed by atoms with E-state index in [-0.39, 0.29) is 12.0 Å². The second kappa shape index (κ2) is 7.43. The summed E-state index contributed by atoms with van der Waals surface area (Å²) >= 11 is 0. The Bertz CT molecular complexity index is 1030. The number of amides is 1. The number of aromatic nitrogens is 2. The molecule has 2 aromatic carbocycles. The molecule has 3 aromatic rings. The SMILES string of the molecule is Cc1cc2c(c(-c3cnccn3)c1)OC(CNC(=O)c1cccc(C)c1C)C2. The summed E-state index contributed by atoms with van der Waals surface area (Å²) < 4.78 is 6.21. The predicted molar refractivity (Wildman–Crippen MR) is 109 cm³/mol. The van der Waals surface area contributed by atoms with Crippen LogP contribution in [0.15, 0.2) is 48.9 Å². The molecule has 0 radical (unpaired) electrons. The fraction of sp³-hybridized carbons (Fsp3) is 0.261. The van der Waals surface area contributed by atoms with Gasteiger partial charge in [0, 0.05) is 29.9 Å². The molecule has 1 atom stereocenters. The van der Waals surface area contributed by atoms with Crippen LogP contribution in [0, 0.1) is 20.8 Å². The first-order chi connectivity index (χ1) is 13.5. The third-order valence-corrected chi connectivity index (χ3v) is 5.22. The van der Waals surface area contributed by atoms with Gasteiger partial charge in [-0.25, -0.2) is 0 Å². The first-order valence-electron chi connectivity index (χ1n) is 9.44. The molecule has 1 N–H and O–H groups in total. The van der Waals surface area contributed by atoms with Crippen LogP contribution >= 0.6 is 0 Å². The van der Waals surface area contributed by atoms with Gasteiger partial charge in [-0.15, -0.1) is 0 Å². The number of rotatable bonds is 4. The van der Waals surface area contributed by atoms with Crippen molar-refractivity contribution in [2.75, 3.05) is 6.54 Å². The van der Waals surface area contributed by atoms with Gasteiger partial charge in [-0.05, 0) is 55.2 Å². The zero-order valence-corrected chi connectivity index (χ0v) is 16.3. The van der Waals surface area contributed by atoms with Gasteiger partial charge in [-0.2, -0.15) is 0 Å². The summed E-state index contributed by atoms with van der Waals surface area (Å²) in [6.07, 6.45) is 5.75. The molecule has 1 aliphatic rings. The number of nitrogens with one attached hydrogen (secondary N) is 1. The first kappa shape index (κ1) is 18.2. The van der Waals surface area contributed by atoms with Crippen molar-refractivity contribution in [2.24, 2.45) is 0 Å². The number of aryl methyl sites for hydroxylation is 2. The zero-order valence-electron chi connectivity index (χ0n) is 16.3. The second-order valence-electron chi connectivity index (χ2n) is 7.29. The molecule has 5 nitrogen and oxygen atoms in total. The minimum absolute atomic E-state index is 0.0638. The molecular formula is C23H23N3O2. The number of carbonyl (C=O) groups is 1. The van der Waals surface area contributed by atoms with E-state index < -0.39 is 0 Å². The Labute approximate surface area is 164 Å². The number of hydrogen-bond donors (Lipinski definition) is 1. The molecule has 2 heterocycles. The Morgan fingerprint density at radius 1 is 1.21 bits per heavy atom. The molecule has 5 heteroatoms. The van der Waals surface area contributed by atoms with Gasteiger partial charge >= 0.3 is 0 Å². The molecule has 0 fully saturated rings. The van der Waals surface area contributed by atoms with Crippen molar-refractivity contribution in [3.05, 3.63) is 76.7 Å². The van der Waals surface area contributed by atoms with Crippen molar-refractivity contribution in [2.45, 2.75) is 33.3 Å². The largest absolute Gasteiger partial charge is 0.487 e. The quantitative estimate of drug-likeness (QED) is 0.755. The van der Waals surface area contributed by atoms with E-state index in [0.717, 1.165) is 45.7 Å². The summed E-state index contributed by atoms with van der Waals surface area (Å²) in [5.41, 5.74) is 6.88. The van der Waals surface area contributed by atoms with E-state index in [1.54, 1.807) is 18.6 Å². The molecule has 1 unspecified atom stereocenters. The summed E-state index contributed by atoms with van der Waals surface area (Å²) in [4.78, 5) is 21.2. The van der Waals surface area contributed by atoms with Gasteiger partial charge < -0.3 is 10.1 Å². The highest BCUT2D eigenvalue weighted by molar-refractivity contribution is 5.95. The van der Waals surface area contributed by atoms with E-state index in [1.165, 1.54) is 0 Å². The summed E-state index contributed by atoms with van der Waals surface area (Å²) in [6, 6.07) is 9.99. The average Bonchev–Trinajstić information content (AvgIpc) is 3.11. The van der Waals surface area contributed by atoms with E-state index in [1.807, 2.05) is 32.0 Å². The maximum atomic E-state index is 12.6. The fourth-order valence-electron chi connectivity index (χ4n) is 3.63. The monoisotopic (exact) mass is 373 g/mol. The molecular weight excluding hydrogens is 350 g/mol. The van der Waals surface area contributed by atoms with E-state index in [4.69, 9.17) is 4.74 Å². The number of fused-ring (bicyclic) bond motifs is 1. The smallest absolute Gasteiger partial charge is 0.251 e. The Balaban J connectivity index is 1.50. The van der Waals surface area contributed by atoms with Crippen molar-refractivity contribution in [3.63, 3.8) is 0 Å². The Morgan fingerprint density at radius 3 is 2.86 bits per heavy atom. The van der Waals surface area contributed by atoms with Crippen molar-refractivity contribution in [1.82, 2.24) is 15.3 Å². The van der Waals surface area contributed by atoms with Crippen LogP contribution in [0.25, 0.3) is 11.3 Å². The lowest BCUT2D eigenvalue weighted by molar-refractivity contribution is 0.0933. The zero-order chi connectivity index (χ0) is 19.7. The van der Waals surface area contributed by atoms with E-state index in [2.05, 4.69) is 34.3 Å². The molecule has 1 amide bonds. The third kappa shape index (κ3) is 3.48. The number of ether oxygens (including phenoxy) is 1. The molecule has 1 aliphatic heterocycles. The Hall–Kier alpha value is -3.21. The highest BCUT2D eigenvalue weighted by atomic mass is 16.5. The second-order valence-corrected chi connectivity index (χ2v) is 7.29. The minimum Gasteiger partial charge on any atom is -0.487 e. The Kier molecular flexibility index (Phi) is 4.82. The van der Waals surface area contributed by atoms with Gasteiger partial charge in [-0.3, -0.25) is 14.8 Å². The van der Waals surface area contributed by atoms with Crippen molar-refractivity contribution in [3.8, 4) is 17.0 Å². The maximum Gasteiger partial charge on any atom is 0.251 e. The van der Waals surface area contributed by atoms with Gasteiger partial charge in [0.05, 0.1) is 18.4 Å². The highest BCUT2D eigenvalue weighted by Gasteiger charge is 2.27. The standard InChI is InChI=1S/C23H23N3O2/c1-14-9-17-11-18(12-26-23(27)19-6-4-5-15(2)16(19)3)28-22(17)20(10-14)21-13-24-7-8-25-21/h4-10,13,18H,11-12H2,1-3H3,(H,26,27). The van der Waals surface area contributed by atoms with Crippen molar-refractivity contribution < 1.29 is 9.53 Å². The van der Waals surface area contributed by atoms with E-state index in [9.17, 15) is 4.79 Å². The van der Waals surface area contributed by atoms with Crippen LogP contribution < -0.4 is 10.1 Å². The van der Waals surface area contributed by atoms with Crippen LogP contribution in [0.5, 0.6) is 5.75 Å². The number of carbonyl (C=O) groups excluding carboxylic acids is 1. The molecule has 28 heavy (non-hydrogen) atoms. The number of benzene rings is 2. The van der Waals surface area contributed by atoms with Crippen molar-refractivity contribution in [1.29, 1.82) is 0 Å². The van der Waals surface area contributed by atoms with Gasteiger partial charge in [0.2, 0.25) is 0 Å². The summed E-state index contributed by atoms with van der Waals surface area (Å²) in [5.74, 6) is 0.781. The van der Waals surface area contributed by atoms with Crippen LogP contribution in [0.3, 0.4) is 0 Å².